The van der Waals surface area contributed by atoms with Gasteiger partial charge in [0.05, 0.1) is 11.7 Å². The summed E-state index contributed by atoms with van der Waals surface area (Å²) in [7, 11) is 1.86. The molecule has 1 aromatic carbocycles. The first-order valence-electron chi connectivity index (χ1n) is 8.06. The first-order chi connectivity index (χ1) is 11.4. The number of carbonyl (C=O) groups excluding carboxylic acids is 1. The molecule has 24 heavy (non-hydrogen) atoms. The molecule has 0 bridgehead atoms. The predicted molar refractivity (Wildman–Crippen MR) is 94.3 cm³/mol. The van der Waals surface area contributed by atoms with Gasteiger partial charge < -0.3 is 9.42 Å². The zero-order chi connectivity index (χ0) is 17.4. The summed E-state index contributed by atoms with van der Waals surface area (Å²) in [6.07, 6.45) is 2.10. The van der Waals surface area contributed by atoms with Gasteiger partial charge in [-0.25, -0.2) is 0 Å². The van der Waals surface area contributed by atoms with Crippen molar-refractivity contribution in [3.05, 3.63) is 70.1 Å². The lowest BCUT2D eigenvalue weighted by atomic mass is 9.94. The van der Waals surface area contributed by atoms with Crippen molar-refractivity contribution in [1.29, 1.82) is 0 Å². The van der Waals surface area contributed by atoms with Gasteiger partial charge in [-0.1, -0.05) is 41.6 Å². The van der Waals surface area contributed by atoms with Gasteiger partial charge in [0.15, 0.2) is 0 Å². The number of allylic oxidation sites excluding steroid dienone is 1. The van der Waals surface area contributed by atoms with Gasteiger partial charge in [-0.2, -0.15) is 0 Å². The Morgan fingerprint density at radius 1 is 1.21 bits per heavy atom. The molecule has 0 N–H and O–H groups in total. The number of hydrogen-bond acceptors (Lipinski definition) is 3. The van der Waals surface area contributed by atoms with Crippen LogP contribution >= 0.6 is 0 Å². The summed E-state index contributed by atoms with van der Waals surface area (Å²) in [5.41, 5.74) is 5.88. The molecule has 0 saturated heterocycles. The van der Waals surface area contributed by atoms with E-state index in [0.29, 0.717) is 0 Å². The van der Waals surface area contributed by atoms with Crippen LogP contribution in [0, 0.1) is 13.8 Å². The Morgan fingerprint density at radius 3 is 2.46 bits per heavy atom. The highest BCUT2D eigenvalue weighted by molar-refractivity contribution is 5.98. The summed E-state index contributed by atoms with van der Waals surface area (Å²) in [5.74, 6) is 0.870. The fraction of sp³-hybridized carbons (Fsp3) is 0.300. The minimum Gasteiger partial charge on any atom is -0.361 e. The fourth-order valence-electron chi connectivity index (χ4n) is 3.50. The van der Waals surface area contributed by atoms with Crippen molar-refractivity contribution in [2.45, 2.75) is 33.7 Å². The Balaban J connectivity index is 2.10. The topological polar surface area (TPSA) is 46.3 Å². The summed E-state index contributed by atoms with van der Waals surface area (Å²) in [4.78, 5) is 14.3. The maximum Gasteiger partial charge on any atom is 0.250 e. The molecule has 0 spiro atoms. The second-order valence-corrected chi connectivity index (χ2v) is 6.34. The van der Waals surface area contributed by atoms with Crippen LogP contribution in [0.3, 0.4) is 0 Å². The van der Waals surface area contributed by atoms with Crippen molar-refractivity contribution in [3.63, 3.8) is 0 Å². The molecular formula is C20H22N2O2. The molecule has 0 saturated carbocycles. The molecule has 2 heterocycles. The molecule has 1 amide bonds. The average molecular weight is 322 g/mol. The van der Waals surface area contributed by atoms with E-state index in [1.807, 2.05) is 52.9 Å². The number of aryl methyl sites for hydroxylation is 2. The number of likely N-dealkylation sites (N-methyl/N-ethyl adjacent to an activating group) is 1. The van der Waals surface area contributed by atoms with E-state index < -0.39 is 0 Å². The van der Waals surface area contributed by atoms with E-state index in [1.54, 1.807) is 4.90 Å². The number of carbonyl (C=O) groups is 1. The molecule has 0 aliphatic carbocycles. The summed E-state index contributed by atoms with van der Waals surface area (Å²) in [6.45, 7) is 7.78. The van der Waals surface area contributed by atoms with Gasteiger partial charge in [-0.3, -0.25) is 4.79 Å². The normalized spacial score (nSPS) is 18.7. The zero-order valence-electron chi connectivity index (χ0n) is 14.8. The molecule has 1 aliphatic rings. The first-order valence-corrected chi connectivity index (χ1v) is 8.06. The van der Waals surface area contributed by atoms with E-state index in [2.05, 4.69) is 23.4 Å². The molecule has 1 aromatic heterocycles. The van der Waals surface area contributed by atoms with Gasteiger partial charge in [0.1, 0.15) is 5.76 Å². The highest BCUT2D eigenvalue weighted by atomic mass is 16.5. The van der Waals surface area contributed by atoms with Crippen molar-refractivity contribution in [2.24, 2.45) is 0 Å². The van der Waals surface area contributed by atoms with Gasteiger partial charge in [-0.15, -0.1) is 0 Å². The molecule has 2 aromatic rings. The maximum atomic E-state index is 12.5. The van der Waals surface area contributed by atoms with Crippen LogP contribution in [0.1, 0.15) is 42.5 Å². The van der Waals surface area contributed by atoms with Crippen LogP contribution in [0.15, 0.2) is 52.1 Å². The van der Waals surface area contributed by atoms with Gasteiger partial charge in [0.2, 0.25) is 5.91 Å². The van der Waals surface area contributed by atoms with Gasteiger partial charge in [0.25, 0.3) is 0 Å². The largest absolute Gasteiger partial charge is 0.361 e. The lowest BCUT2D eigenvalue weighted by Gasteiger charge is -2.23. The van der Waals surface area contributed by atoms with Crippen molar-refractivity contribution in [2.75, 3.05) is 7.05 Å². The Kier molecular flexibility index (Phi) is 4.14. The molecule has 3 rings (SSSR count). The quantitative estimate of drug-likeness (QED) is 0.850. The first kappa shape index (κ1) is 16.2. The van der Waals surface area contributed by atoms with Crippen LogP contribution in [0.5, 0.6) is 0 Å². The smallest absolute Gasteiger partial charge is 0.250 e. The van der Waals surface area contributed by atoms with Crippen molar-refractivity contribution >= 4 is 11.5 Å². The predicted octanol–water partition coefficient (Wildman–Crippen LogP) is 4.22. The molecule has 4 nitrogen and oxygen atoms in total. The van der Waals surface area contributed by atoms with E-state index in [4.69, 9.17) is 4.52 Å². The van der Waals surface area contributed by atoms with Crippen LogP contribution < -0.4 is 0 Å². The Labute approximate surface area is 142 Å². The summed E-state index contributed by atoms with van der Waals surface area (Å²) >= 11 is 0. The third-order valence-corrected chi connectivity index (χ3v) is 4.67. The number of nitrogens with zero attached hydrogens (tertiary/aromatic N) is 2. The Hall–Kier alpha value is -2.62. The van der Waals surface area contributed by atoms with E-state index in [0.717, 1.165) is 39.3 Å². The third kappa shape index (κ3) is 2.58. The fourth-order valence-corrected chi connectivity index (χ4v) is 3.50. The lowest BCUT2D eigenvalue weighted by molar-refractivity contribution is -0.125. The molecule has 1 atom stereocenters. The van der Waals surface area contributed by atoms with Crippen LogP contribution in [0.4, 0.5) is 0 Å². The van der Waals surface area contributed by atoms with Crippen LogP contribution in [-0.4, -0.2) is 23.0 Å². The second-order valence-electron chi connectivity index (χ2n) is 6.34. The Bertz CT molecular complexity index is 824. The molecule has 124 valence electrons. The monoisotopic (exact) mass is 322 g/mol. The number of amides is 1. The average Bonchev–Trinajstić information content (AvgIpc) is 3.01. The molecule has 0 fully saturated rings. The van der Waals surface area contributed by atoms with Crippen molar-refractivity contribution in [3.8, 4) is 0 Å². The highest BCUT2D eigenvalue weighted by Gasteiger charge is 2.34. The van der Waals surface area contributed by atoms with E-state index in [-0.39, 0.29) is 11.9 Å². The molecule has 0 radical (unpaired) electrons. The molecule has 1 aliphatic heterocycles. The summed E-state index contributed by atoms with van der Waals surface area (Å²) in [5, 5.41) is 4.03. The van der Waals surface area contributed by atoms with Gasteiger partial charge >= 0.3 is 0 Å². The minimum absolute atomic E-state index is 0.0610. The second kappa shape index (κ2) is 6.11. The summed E-state index contributed by atoms with van der Waals surface area (Å²) < 4.78 is 5.28. The number of rotatable bonds is 3. The number of hydrogen-bond donors (Lipinski definition) is 0. The number of aromatic nitrogens is 1. The lowest BCUT2D eigenvalue weighted by Crippen LogP contribution is -2.25. The van der Waals surface area contributed by atoms with Crippen molar-refractivity contribution in [1.82, 2.24) is 10.1 Å². The van der Waals surface area contributed by atoms with E-state index in [1.165, 1.54) is 0 Å². The van der Waals surface area contributed by atoms with E-state index >= 15 is 0 Å². The Morgan fingerprint density at radius 2 is 1.88 bits per heavy atom. The van der Waals surface area contributed by atoms with E-state index in [9.17, 15) is 4.79 Å². The van der Waals surface area contributed by atoms with Crippen molar-refractivity contribution < 1.29 is 9.32 Å². The minimum atomic E-state index is -0.0610. The standard InChI is InChI=1S/C20H22N2O2/c1-12(18-14(3)21-24-15(18)4)11-17-13(2)20(23)22(5)19(17)16-9-7-6-8-10-16/h6-11,19H,1-5H3/b12-11+. The molecular weight excluding hydrogens is 300 g/mol. The molecule has 4 heteroatoms. The van der Waals surface area contributed by atoms with Gasteiger partial charge in [-0.05, 0) is 44.4 Å². The third-order valence-electron chi connectivity index (χ3n) is 4.67. The summed E-state index contributed by atoms with van der Waals surface area (Å²) in [6, 6.07) is 10.1. The van der Waals surface area contributed by atoms with Crippen LogP contribution in [-0.2, 0) is 4.79 Å². The zero-order valence-corrected chi connectivity index (χ0v) is 14.8. The van der Waals surface area contributed by atoms with Gasteiger partial charge in [0, 0.05) is 18.2 Å². The SMILES string of the molecule is CC1=C(/C=C(\C)c2c(C)noc2C)C(c2ccccc2)N(C)C1=O. The number of benzene rings is 1. The van der Waals surface area contributed by atoms with Crippen LogP contribution in [0.2, 0.25) is 0 Å². The van der Waals surface area contributed by atoms with Crippen LogP contribution in [0.25, 0.3) is 5.57 Å². The molecule has 1 unspecified atom stereocenters. The maximum absolute atomic E-state index is 12.5. The highest BCUT2D eigenvalue weighted by Crippen LogP contribution is 2.39.